The van der Waals surface area contributed by atoms with Gasteiger partial charge in [0, 0.05) is 35.8 Å². The second kappa shape index (κ2) is 6.76. The number of aromatic nitrogens is 1. The van der Waals surface area contributed by atoms with Gasteiger partial charge in [0.25, 0.3) is 0 Å². The molecule has 2 N–H and O–H groups in total. The average molecular weight is 349 g/mol. The molecule has 2 heterocycles. The van der Waals surface area contributed by atoms with Gasteiger partial charge in [-0.15, -0.1) is 0 Å². The maximum absolute atomic E-state index is 14.2. The molecule has 0 aliphatic carbocycles. The van der Waals surface area contributed by atoms with Crippen LogP contribution in [0, 0.1) is 12.7 Å². The van der Waals surface area contributed by atoms with Crippen LogP contribution in [0.2, 0.25) is 0 Å². The fourth-order valence-corrected chi connectivity index (χ4v) is 3.07. The van der Waals surface area contributed by atoms with Gasteiger partial charge >= 0.3 is 6.61 Å². The molecule has 1 unspecified atom stereocenters. The number of benzene rings is 1. The number of rotatable bonds is 3. The van der Waals surface area contributed by atoms with Crippen molar-refractivity contribution < 1.29 is 17.9 Å². The third-order valence-electron chi connectivity index (χ3n) is 4.30. The molecular weight excluding hydrogens is 331 g/mol. The third-order valence-corrected chi connectivity index (χ3v) is 4.30. The molecule has 7 heteroatoms. The molecule has 1 aliphatic rings. The molecule has 3 rings (SSSR count). The molecule has 0 spiro atoms. The predicted octanol–water partition coefficient (Wildman–Crippen LogP) is 3.46. The van der Waals surface area contributed by atoms with Gasteiger partial charge in [-0.3, -0.25) is 9.88 Å². The zero-order valence-corrected chi connectivity index (χ0v) is 13.8. The number of hydrogen-bond acceptors (Lipinski definition) is 4. The molecule has 1 aromatic carbocycles. The Morgan fingerprint density at radius 1 is 1.32 bits per heavy atom. The van der Waals surface area contributed by atoms with Gasteiger partial charge in [-0.25, -0.2) is 4.39 Å². The van der Waals surface area contributed by atoms with E-state index in [9.17, 15) is 13.2 Å². The van der Waals surface area contributed by atoms with E-state index in [4.69, 9.17) is 5.73 Å². The van der Waals surface area contributed by atoms with Gasteiger partial charge in [0.2, 0.25) is 0 Å². The summed E-state index contributed by atoms with van der Waals surface area (Å²) in [7, 11) is 1.81. The molecule has 1 aromatic heterocycles. The Morgan fingerprint density at radius 3 is 2.80 bits per heavy atom. The Kier molecular flexibility index (Phi) is 4.67. The lowest BCUT2D eigenvalue weighted by Crippen LogP contribution is -2.26. The summed E-state index contributed by atoms with van der Waals surface area (Å²) in [5.41, 5.74) is 8.64. The molecule has 1 atom stereocenters. The van der Waals surface area contributed by atoms with Crippen LogP contribution >= 0.6 is 0 Å². The van der Waals surface area contributed by atoms with E-state index in [-0.39, 0.29) is 11.3 Å². The first-order valence-corrected chi connectivity index (χ1v) is 7.73. The summed E-state index contributed by atoms with van der Waals surface area (Å²) in [5, 5.41) is 0. The third kappa shape index (κ3) is 3.32. The highest BCUT2D eigenvalue weighted by molar-refractivity contribution is 5.67. The maximum atomic E-state index is 14.2. The van der Waals surface area contributed by atoms with Crippen molar-refractivity contribution in [1.82, 2.24) is 9.88 Å². The van der Waals surface area contributed by atoms with Crippen LogP contribution in [0.5, 0.6) is 5.75 Å². The number of pyridine rings is 1. The van der Waals surface area contributed by atoms with E-state index < -0.39 is 18.5 Å². The minimum absolute atomic E-state index is 0.0472. The maximum Gasteiger partial charge on any atom is 0.387 e. The number of alkyl halides is 2. The summed E-state index contributed by atoms with van der Waals surface area (Å²) in [6, 6.07) is 3.80. The van der Waals surface area contributed by atoms with Crippen molar-refractivity contribution in [3.05, 3.63) is 64.7 Å². The Bertz CT molecular complexity index is 823. The van der Waals surface area contributed by atoms with E-state index in [0.29, 0.717) is 23.4 Å². The molecule has 0 radical (unpaired) electrons. The zero-order valence-electron chi connectivity index (χ0n) is 13.8. The van der Waals surface area contributed by atoms with Gasteiger partial charge in [-0.1, -0.05) is 0 Å². The summed E-state index contributed by atoms with van der Waals surface area (Å²) < 4.78 is 44.6. The first-order valence-electron chi connectivity index (χ1n) is 7.73. The second-order valence-corrected chi connectivity index (χ2v) is 5.98. The van der Waals surface area contributed by atoms with E-state index in [1.807, 2.05) is 18.0 Å². The molecule has 1 aliphatic heterocycles. The molecule has 4 nitrogen and oxygen atoms in total. The largest absolute Gasteiger partial charge is 0.434 e. The van der Waals surface area contributed by atoms with Crippen LogP contribution in [0.1, 0.15) is 28.3 Å². The molecule has 132 valence electrons. The first kappa shape index (κ1) is 17.3. The minimum atomic E-state index is -3.00. The Balaban J connectivity index is 2.21. The van der Waals surface area contributed by atoms with Crippen molar-refractivity contribution >= 4 is 5.70 Å². The standard InChI is InChI=1S/C18H18F3N3O/c1-10-7-16(25-18(20)21)12(8-14(10)19)17-11-3-5-23-9-13(11)15(22)4-6-24(17)2/h3-5,7-9,17-18H,6,22H2,1-2H3. The second-order valence-electron chi connectivity index (χ2n) is 5.98. The van der Waals surface area contributed by atoms with Crippen molar-refractivity contribution in [1.29, 1.82) is 0 Å². The van der Waals surface area contributed by atoms with Gasteiger partial charge < -0.3 is 10.5 Å². The van der Waals surface area contributed by atoms with E-state index >= 15 is 0 Å². The Hall–Kier alpha value is -2.54. The minimum Gasteiger partial charge on any atom is -0.434 e. The lowest BCUT2D eigenvalue weighted by molar-refractivity contribution is -0.0510. The van der Waals surface area contributed by atoms with Crippen LogP contribution in [0.3, 0.4) is 0 Å². The van der Waals surface area contributed by atoms with Crippen molar-refractivity contribution in [3.8, 4) is 5.75 Å². The molecule has 0 bridgehead atoms. The van der Waals surface area contributed by atoms with Gasteiger partial charge in [0.05, 0.1) is 6.04 Å². The van der Waals surface area contributed by atoms with Gasteiger partial charge in [-0.05, 0) is 49.4 Å². The normalized spacial score (nSPS) is 17.8. The summed E-state index contributed by atoms with van der Waals surface area (Å²) >= 11 is 0. The molecule has 0 saturated heterocycles. The quantitative estimate of drug-likeness (QED) is 0.922. The summed E-state index contributed by atoms with van der Waals surface area (Å²) in [6.45, 7) is -1.03. The lowest BCUT2D eigenvalue weighted by Gasteiger charge is -2.29. The van der Waals surface area contributed by atoms with Gasteiger partial charge in [-0.2, -0.15) is 8.78 Å². The van der Waals surface area contributed by atoms with Crippen molar-refractivity contribution in [2.45, 2.75) is 19.6 Å². The van der Waals surface area contributed by atoms with Crippen LogP contribution in [0.15, 0.2) is 36.7 Å². The molecule has 2 aromatic rings. The van der Waals surface area contributed by atoms with E-state index in [1.54, 1.807) is 18.5 Å². The molecular formula is C18H18F3N3O. The highest BCUT2D eigenvalue weighted by atomic mass is 19.3. The molecule has 0 fully saturated rings. The van der Waals surface area contributed by atoms with E-state index in [0.717, 1.165) is 5.56 Å². The zero-order chi connectivity index (χ0) is 18.1. The summed E-state index contributed by atoms with van der Waals surface area (Å²) in [5.74, 6) is -0.528. The van der Waals surface area contributed by atoms with Gasteiger partial charge in [0.15, 0.2) is 0 Å². The smallest absolute Gasteiger partial charge is 0.387 e. The number of nitrogens with zero attached hydrogens (tertiary/aromatic N) is 2. The van der Waals surface area contributed by atoms with Crippen LogP contribution < -0.4 is 10.5 Å². The van der Waals surface area contributed by atoms with E-state index in [2.05, 4.69) is 9.72 Å². The number of ether oxygens (including phenoxy) is 1. The van der Waals surface area contributed by atoms with Crippen molar-refractivity contribution in [2.75, 3.05) is 13.6 Å². The highest BCUT2D eigenvalue weighted by Gasteiger charge is 2.29. The average Bonchev–Trinajstić information content (AvgIpc) is 2.68. The summed E-state index contributed by atoms with van der Waals surface area (Å²) in [6.07, 6.45) is 5.03. The van der Waals surface area contributed by atoms with Crippen LogP contribution in [0.25, 0.3) is 5.70 Å². The first-order chi connectivity index (χ1) is 11.9. The Morgan fingerprint density at radius 2 is 2.08 bits per heavy atom. The van der Waals surface area contributed by atoms with Gasteiger partial charge in [0.1, 0.15) is 11.6 Å². The lowest BCUT2D eigenvalue weighted by atomic mass is 9.93. The fraction of sp³-hybridized carbons (Fsp3) is 0.278. The van der Waals surface area contributed by atoms with E-state index in [1.165, 1.54) is 19.1 Å². The number of likely N-dealkylation sites (N-methyl/N-ethyl adjacent to an activating group) is 1. The SMILES string of the molecule is Cc1cc(OC(F)F)c(C2c3ccncc3C(N)=CCN2C)cc1F. The molecule has 0 saturated carbocycles. The van der Waals surface area contributed by atoms with Crippen molar-refractivity contribution in [3.63, 3.8) is 0 Å². The predicted molar refractivity (Wildman–Crippen MR) is 88.6 cm³/mol. The Labute approximate surface area is 143 Å². The highest BCUT2D eigenvalue weighted by Crippen LogP contribution is 2.39. The number of hydrogen-bond donors (Lipinski definition) is 1. The fourth-order valence-electron chi connectivity index (χ4n) is 3.07. The number of fused-ring (bicyclic) bond motifs is 1. The molecule has 25 heavy (non-hydrogen) atoms. The number of nitrogens with two attached hydrogens (primary N) is 1. The number of aryl methyl sites for hydroxylation is 1. The van der Waals surface area contributed by atoms with Crippen LogP contribution in [0.4, 0.5) is 13.2 Å². The molecule has 0 amide bonds. The number of halogens is 3. The van der Waals surface area contributed by atoms with Crippen LogP contribution in [-0.4, -0.2) is 30.1 Å². The summed E-state index contributed by atoms with van der Waals surface area (Å²) in [4.78, 5) is 5.97. The monoisotopic (exact) mass is 349 g/mol. The van der Waals surface area contributed by atoms with Crippen LogP contribution in [-0.2, 0) is 0 Å². The topological polar surface area (TPSA) is 51.4 Å². The van der Waals surface area contributed by atoms with Crippen molar-refractivity contribution in [2.24, 2.45) is 5.73 Å².